The first-order valence-electron chi connectivity index (χ1n) is 6.91. The van der Waals surface area contributed by atoms with Crippen LogP contribution in [0.5, 0.6) is 0 Å². The van der Waals surface area contributed by atoms with E-state index in [0.717, 1.165) is 11.1 Å². The number of rotatable bonds is 5. The van der Waals surface area contributed by atoms with Gasteiger partial charge in [-0.25, -0.2) is 0 Å². The predicted octanol–water partition coefficient (Wildman–Crippen LogP) is 2.21. The number of anilines is 1. The van der Waals surface area contributed by atoms with E-state index in [9.17, 15) is 9.90 Å². The number of nitrogens with two attached hydrogens (primary N) is 1. The molecule has 0 atom stereocenters. The first kappa shape index (κ1) is 15.1. The molecule has 0 aliphatic heterocycles. The fourth-order valence-corrected chi connectivity index (χ4v) is 2.30. The zero-order chi connectivity index (χ0) is 15.2. The van der Waals surface area contributed by atoms with Crippen molar-refractivity contribution in [1.29, 1.82) is 0 Å². The van der Waals surface area contributed by atoms with Gasteiger partial charge in [0, 0.05) is 24.3 Å². The van der Waals surface area contributed by atoms with Crippen molar-refractivity contribution in [2.24, 2.45) is 0 Å². The van der Waals surface area contributed by atoms with Crippen molar-refractivity contribution < 1.29 is 9.90 Å². The Morgan fingerprint density at radius 3 is 2.52 bits per heavy atom. The molecule has 4 nitrogen and oxygen atoms in total. The molecule has 2 aromatic rings. The van der Waals surface area contributed by atoms with Crippen LogP contribution in [0.1, 0.15) is 21.5 Å². The van der Waals surface area contributed by atoms with Crippen molar-refractivity contribution in [1.82, 2.24) is 4.90 Å². The molecule has 110 valence electrons. The standard InChI is InChI=1S/C17H20N2O2/c1-13-9-15(11-16(18)10-13)17(21)19(7-8-20)12-14-5-3-2-4-6-14/h2-6,9-11,20H,7-8,12,18H2,1H3. The number of amides is 1. The zero-order valence-electron chi connectivity index (χ0n) is 12.1. The normalized spacial score (nSPS) is 10.4. The van der Waals surface area contributed by atoms with Gasteiger partial charge in [0.15, 0.2) is 0 Å². The van der Waals surface area contributed by atoms with Gasteiger partial charge in [-0.1, -0.05) is 30.3 Å². The van der Waals surface area contributed by atoms with Gasteiger partial charge in [0.25, 0.3) is 5.91 Å². The number of aryl methyl sites for hydroxylation is 1. The van der Waals surface area contributed by atoms with Crippen LogP contribution >= 0.6 is 0 Å². The highest BCUT2D eigenvalue weighted by atomic mass is 16.3. The fraction of sp³-hybridized carbons (Fsp3) is 0.235. The second-order valence-corrected chi connectivity index (χ2v) is 5.07. The molecule has 0 unspecified atom stereocenters. The van der Waals surface area contributed by atoms with E-state index < -0.39 is 0 Å². The van der Waals surface area contributed by atoms with E-state index in [0.29, 0.717) is 24.3 Å². The van der Waals surface area contributed by atoms with Gasteiger partial charge in [-0.05, 0) is 36.2 Å². The molecule has 0 saturated carbocycles. The summed E-state index contributed by atoms with van der Waals surface area (Å²) < 4.78 is 0. The summed E-state index contributed by atoms with van der Waals surface area (Å²) in [4.78, 5) is 14.2. The maximum absolute atomic E-state index is 12.6. The highest BCUT2D eigenvalue weighted by molar-refractivity contribution is 5.95. The molecule has 4 heteroatoms. The Bertz CT molecular complexity index is 591. The number of hydrogen-bond acceptors (Lipinski definition) is 3. The van der Waals surface area contributed by atoms with Gasteiger partial charge in [0.1, 0.15) is 0 Å². The minimum atomic E-state index is -0.122. The average Bonchev–Trinajstić information content (AvgIpc) is 2.46. The number of benzene rings is 2. The van der Waals surface area contributed by atoms with Gasteiger partial charge < -0.3 is 15.7 Å². The van der Waals surface area contributed by atoms with Crippen molar-refractivity contribution in [2.45, 2.75) is 13.5 Å². The van der Waals surface area contributed by atoms with E-state index in [4.69, 9.17) is 5.73 Å². The first-order valence-corrected chi connectivity index (χ1v) is 6.91. The Morgan fingerprint density at radius 1 is 1.19 bits per heavy atom. The Labute approximate surface area is 124 Å². The molecular formula is C17H20N2O2. The maximum Gasteiger partial charge on any atom is 0.254 e. The quantitative estimate of drug-likeness (QED) is 0.827. The summed E-state index contributed by atoms with van der Waals surface area (Å²) in [7, 11) is 0. The summed E-state index contributed by atoms with van der Waals surface area (Å²) in [6.07, 6.45) is 0. The smallest absolute Gasteiger partial charge is 0.254 e. The van der Waals surface area contributed by atoms with E-state index >= 15 is 0 Å². The topological polar surface area (TPSA) is 66.6 Å². The van der Waals surface area contributed by atoms with Gasteiger partial charge in [-0.3, -0.25) is 4.79 Å². The Hall–Kier alpha value is -2.33. The van der Waals surface area contributed by atoms with Crippen molar-refractivity contribution in [2.75, 3.05) is 18.9 Å². The third-order valence-electron chi connectivity index (χ3n) is 3.22. The van der Waals surface area contributed by atoms with Gasteiger partial charge in [0.2, 0.25) is 0 Å². The number of carbonyl (C=O) groups excluding carboxylic acids is 1. The lowest BCUT2D eigenvalue weighted by molar-refractivity contribution is 0.0708. The highest BCUT2D eigenvalue weighted by Crippen LogP contribution is 2.15. The minimum absolute atomic E-state index is 0.0696. The van der Waals surface area contributed by atoms with Crippen LogP contribution in [0.25, 0.3) is 0 Å². The van der Waals surface area contributed by atoms with E-state index in [-0.39, 0.29) is 12.5 Å². The summed E-state index contributed by atoms with van der Waals surface area (Å²) in [5.41, 5.74) is 8.90. The zero-order valence-corrected chi connectivity index (χ0v) is 12.1. The van der Waals surface area contributed by atoms with E-state index in [1.54, 1.807) is 11.0 Å². The van der Waals surface area contributed by atoms with Gasteiger partial charge in [0.05, 0.1) is 6.61 Å². The van der Waals surface area contributed by atoms with Gasteiger partial charge in [-0.2, -0.15) is 0 Å². The number of hydrogen-bond donors (Lipinski definition) is 2. The Kier molecular flexibility index (Phi) is 4.95. The minimum Gasteiger partial charge on any atom is -0.399 e. The molecule has 0 bridgehead atoms. The molecule has 2 aromatic carbocycles. The number of aliphatic hydroxyl groups is 1. The van der Waals surface area contributed by atoms with E-state index in [1.807, 2.05) is 49.4 Å². The summed E-state index contributed by atoms with van der Waals surface area (Å²) in [5.74, 6) is -0.122. The third-order valence-corrected chi connectivity index (χ3v) is 3.22. The lowest BCUT2D eigenvalue weighted by atomic mass is 10.1. The Morgan fingerprint density at radius 2 is 1.90 bits per heavy atom. The number of nitrogens with zero attached hydrogens (tertiary/aromatic N) is 1. The summed E-state index contributed by atoms with van der Waals surface area (Å²) in [6, 6.07) is 15.0. The third kappa shape index (κ3) is 4.07. The monoisotopic (exact) mass is 284 g/mol. The number of carbonyl (C=O) groups is 1. The van der Waals surface area contributed by atoms with Crippen LogP contribution in [-0.4, -0.2) is 29.1 Å². The number of nitrogen functional groups attached to an aromatic ring is 1. The number of aliphatic hydroxyl groups excluding tert-OH is 1. The molecule has 0 radical (unpaired) electrons. The molecule has 21 heavy (non-hydrogen) atoms. The lowest BCUT2D eigenvalue weighted by Crippen LogP contribution is -2.33. The largest absolute Gasteiger partial charge is 0.399 e. The average molecular weight is 284 g/mol. The maximum atomic E-state index is 12.6. The van der Waals surface area contributed by atoms with Crippen LogP contribution in [-0.2, 0) is 6.54 Å². The molecule has 2 rings (SSSR count). The fourth-order valence-electron chi connectivity index (χ4n) is 2.30. The van der Waals surface area contributed by atoms with Crippen LogP contribution in [0.15, 0.2) is 48.5 Å². The molecule has 3 N–H and O–H groups in total. The van der Waals surface area contributed by atoms with Crippen LogP contribution < -0.4 is 5.73 Å². The first-order chi connectivity index (χ1) is 10.1. The molecule has 0 heterocycles. The van der Waals surface area contributed by atoms with Crippen molar-refractivity contribution in [3.63, 3.8) is 0 Å². The SMILES string of the molecule is Cc1cc(N)cc(C(=O)N(CCO)Cc2ccccc2)c1. The van der Waals surface area contributed by atoms with Crippen molar-refractivity contribution in [3.8, 4) is 0 Å². The second-order valence-electron chi connectivity index (χ2n) is 5.07. The van der Waals surface area contributed by atoms with Crippen molar-refractivity contribution >= 4 is 11.6 Å². The van der Waals surface area contributed by atoms with Crippen LogP contribution in [0.2, 0.25) is 0 Å². The molecule has 0 aromatic heterocycles. The Balaban J connectivity index is 2.22. The molecule has 0 spiro atoms. The van der Waals surface area contributed by atoms with Gasteiger partial charge >= 0.3 is 0 Å². The summed E-state index contributed by atoms with van der Waals surface area (Å²) in [6.45, 7) is 2.59. The molecule has 0 saturated heterocycles. The molecule has 0 aliphatic rings. The second kappa shape index (κ2) is 6.90. The predicted molar refractivity (Wildman–Crippen MR) is 83.9 cm³/mol. The molecule has 0 fully saturated rings. The molecule has 0 aliphatic carbocycles. The van der Waals surface area contributed by atoms with Crippen molar-refractivity contribution in [3.05, 3.63) is 65.2 Å². The highest BCUT2D eigenvalue weighted by Gasteiger charge is 2.16. The van der Waals surface area contributed by atoms with Crippen LogP contribution in [0.4, 0.5) is 5.69 Å². The lowest BCUT2D eigenvalue weighted by Gasteiger charge is -2.22. The molecule has 1 amide bonds. The summed E-state index contributed by atoms with van der Waals surface area (Å²) in [5, 5.41) is 9.20. The van der Waals surface area contributed by atoms with Crippen LogP contribution in [0, 0.1) is 6.92 Å². The van der Waals surface area contributed by atoms with Gasteiger partial charge in [-0.15, -0.1) is 0 Å². The van der Waals surface area contributed by atoms with E-state index in [1.165, 1.54) is 0 Å². The molecular weight excluding hydrogens is 264 g/mol. The van der Waals surface area contributed by atoms with Crippen LogP contribution in [0.3, 0.4) is 0 Å². The summed E-state index contributed by atoms with van der Waals surface area (Å²) >= 11 is 0. The van der Waals surface area contributed by atoms with E-state index in [2.05, 4.69) is 0 Å².